The van der Waals surface area contributed by atoms with Crippen molar-refractivity contribution in [2.75, 3.05) is 10.6 Å². The van der Waals surface area contributed by atoms with E-state index in [-0.39, 0.29) is 44.2 Å². The summed E-state index contributed by atoms with van der Waals surface area (Å²) in [7, 11) is 0. The van der Waals surface area contributed by atoms with Gasteiger partial charge in [-0.25, -0.2) is 22.5 Å². The number of anilines is 3. The van der Waals surface area contributed by atoms with E-state index in [1.165, 1.54) is 24.5 Å². The van der Waals surface area contributed by atoms with Gasteiger partial charge in [-0.2, -0.15) is 25.1 Å². The Balaban J connectivity index is 1.64. The largest absolute Gasteiger partial charge is 0.372 e. The van der Waals surface area contributed by atoms with Crippen molar-refractivity contribution in [3.8, 4) is 6.07 Å². The van der Waals surface area contributed by atoms with E-state index in [9.17, 15) is 27.2 Å². The van der Waals surface area contributed by atoms with Crippen molar-refractivity contribution < 1.29 is 22.0 Å². The van der Waals surface area contributed by atoms with E-state index in [0.29, 0.717) is 12.1 Å². The number of aromatic nitrogens is 5. The van der Waals surface area contributed by atoms with E-state index < -0.39 is 40.8 Å². The Kier molecular flexibility index (Phi) is 6.48. The zero-order valence-electron chi connectivity index (χ0n) is 18.7. The van der Waals surface area contributed by atoms with Crippen LogP contribution in [0.3, 0.4) is 0 Å². The number of nitrogens with zero attached hydrogens (tertiary/aromatic N) is 5. The summed E-state index contributed by atoms with van der Waals surface area (Å²) >= 11 is 6.45. The summed E-state index contributed by atoms with van der Waals surface area (Å²) < 4.78 is 70.1. The molecule has 2 aromatic carbocycles. The molecule has 0 saturated carbocycles. The van der Waals surface area contributed by atoms with Gasteiger partial charge in [0, 0.05) is 35.5 Å². The van der Waals surface area contributed by atoms with Crippen LogP contribution in [0.5, 0.6) is 0 Å². The van der Waals surface area contributed by atoms with Crippen molar-refractivity contribution in [1.29, 1.82) is 5.26 Å². The summed E-state index contributed by atoms with van der Waals surface area (Å²) in [5.41, 5.74) is 0.145. The lowest BCUT2D eigenvalue weighted by Gasteiger charge is -2.21. The van der Waals surface area contributed by atoms with Crippen LogP contribution in [0.4, 0.5) is 39.0 Å². The van der Waals surface area contributed by atoms with E-state index >= 15 is 0 Å². The fourth-order valence-electron chi connectivity index (χ4n) is 3.84. The Morgan fingerprint density at radius 1 is 0.895 bits per heavy atom. The monoisotopic (exact) mass is 542 g/mol. The summed E-state index contributed by atoms with van der Waals surface area (Å²) in [5.74, 6) is -5.96. The molecule has 0 aliphatic rings. The fourth-order valence-corrected chi connectivity index (χ4v) is 4.10. The van der Waals surface area contributed by atoms with Crippen LogP contribution in [-0.4, -0.2) is 25.4 Å². The highest BCUT2D eigenvalue weighted by atomic mass is 35.5. The molecule has 3 N–H and O–H groups in total. The van der Waals surface area contributed by atoms with Crippen LogP contribution in [0, 0.1) is 40.5 Å². The van der Waals surface area contributed by atoms with Gasteiger partial charge < -0.3 is 10.6 Å². The van der Waals surface area contributed by atoms with Crippen LogP contribution in [0.1, 0.15) is 22.9 Å². The first-order chi connectivity index (χ1) is 18.2. The number of benzene rings is 2. The molecule has 0 spiro atoms. The molecular weight excluding hydrogens is 531 g/mol. The molecule has 5 rings (SSSR count). The van der Waals surface area contributed by atoms with Gasteiger partial charge in [0.15, 0.2) is 5.82 Å². The molecule has 0 radical (unpaired) electrons. The van der Waals surface area contributed by atoms with E-state index in [4.69, 9.17) is 11.6 Å². The number of nitriles is 1. The summed E-state index contributed by atoms with van der Waals surface area (Å²) in [5, 5.41) is 25.6. The van der Waals surface area contributed by atoms with Crippen molar-refractivity contribution >= 4 is 39.6 Å². The molecule has 0 aliphatic carbocycles. The minimum absolute atomic E-state index is 0.0262. The number of hydrogen-bond acceptors (Lipinski definition) is 7. The van der Waals surface area contributed by atoms with Crippen LogP contribution in [0.25, 0.3) is 10.9 Å². The molecule has 3 aromatic heterocycles. The predicted octanol–water partition coefficient (Wildman–Crippen LogP) is 5.91. The van der Waals surface area contributed by atoms with Gasteiger partial charge >= 0.3 is 0 Å². The van der Waals surface area contributed by atoms with Crippen LogP contribution in [0.2, 0.25) is 5.02 Å². The second-order valence-electron chi connectivity index (χ2n) is 7.89. The molecular formula is C24H12ClF5N8. The average Bonchev–Trinajstić information content (AvgIpc) is 3.40. The summed E-state index contributed by atoms with van der Waals surface area (Å²) in [6.45, 7) is 0. The normalized spacial score (nSPS) is 11.8. The molecule has 190 valence electrons. The first-order valence-corrected chi connectivity index (χ1v) is 11.0. The highest BCUT2D eigenvalue weighted by molar-refractivity contribution is 6.36. The molecule has 14 heteroatoms. The Hall–Kier alpha value is -4.83. The van der Waals surface area contributed by atoms with Gasteiger partial charge in [-0.05, 0) is 12.1 Å². The SMILES string of the molecule is N#Cc1cnc2c(Cl)cc(NC(c3cn[nH]n3)c3c(F)cc(F)cc3F)cc2c1Nc1cnc(F)c(F)c1. The van der Waals surface area contributed by atoms with Gasteiger partial charge in [0.1, 0.15) is 35.3 Å². The molecule has 3 heterocycles. The maximum absolute atomic E-state index is 14.7. The molecule has 38 heavy (non-hydrogen) atoms. The van der Waals surface area contributed by atoms with Gasteiger partial charge in [-0.15, -0.1) is 0 Å². The van der Waals surface area contributed by atoms with Gasteiger partial charge in [0.25, 0.3) is 0 Å². The smallest absolute Gasteiger partial charge is 0.249 e. The number of H-pyrrole nitrogens is 1. The van der Waals surface area contributed by atoms with E-state index in [1.54, 1.807) is 0 Å². The summed E-state index contributed by atoms with van der Waals surface area (Å²) in [4.78, 5) is 7.51. The lowest BCUT2D eigenvalue weighted by Crippen LogP contribution is -2.17. The molecule has 8 nitrogen and oxygen atoms in total. The zero-order chi connectivity index (χ0) is 27.0. The number of halogens is 6. The highest BCUT2D eigenvalue weighted by Gasteiger charge is 2.26. The van der Waals surface area contributed by atoms with Crippen molar-refractivity contribution in [3.63, 3.8) is 0 Å². The van der Waals surface area contributed by atoms with Crippen molar-refractivity contribution in [3.05, 3.63) is 100.0 Å². The van der Waals surface area contributed by atoms with Crippen molar-refractivity contribution in [2.24, 2.45) is 0 Å². The maximum Gasteiger partial charge on any atom is 0.249 e. The Morgan fingerprint density at radius 3 is 2.32 bits per heavy atom. The van der Waals surface area contributed by atoms with Gasteiger partial charge in [0.2, 0.25) is 5.95 Å². The number of fused-ring (bicyclic) bond motifs is 1. The van der Waals surface area contributed by atoms with Crippen LogP contribution in [0.15, 0.2) is 48.9 Å². The van der Waals surface area contributed by atoms with Crippen LogP contribution < -0.4 is 10.6 Å². The lowest BCUT2D eigenvalue weighted by atomic mass is 10.0. The molecule has 0 saturated heterocycles. The van der Waals surface area contributed by atoms with E-state index in [0.717, 1.165) is 12.3 Å². The zero-order valence-corrected chi connectivity index (χ0v) is 19.5. The van der Waals surface area contributed by atoms with Gasteiger partial charge in [-0.1, -0.05) is 11.6 Å². The number of pyridine rings is 2. The minimum Gasteiger partial charge on any atom is -0.372 e. The molecule has 0 bridgehead atoms. The Morgan fingerprint density at radius 2 is 1.66 bits per heavy atom. The number of hydrogen-bond donors (Lipinski definition) is 3. The molecule has 0 aliphatic heterocycles. The van der Waals surface area contributed by atoms with E-state index in [1.807, 2.05) is 6.07 Å². The quantitative estimate of drug-likeness (QED) is 0.180. The summed E-state index contributed by atoms with van der Waals surface area (Å²) in [6, 6.07) is 5.45. The van der Waals surface area contributed by atoms with E-state index in [2.05, 4.69) is 36.0 Å². The first kappa shape index (κ1) is 24.8. The second kappa shape index (κ2) is 9.91. The van der Waals surface area contributed by atoms with Gasteiger partial charge in [-0.3, -0.25) is 4.98 Å². The number of aromatic amines is 1. The highest BCUT2D eigenvalue weighted by Crippen LogP contribution is 2.37. The second-order valence-corrected chi connectivity index (χ2v) is 8.30. The molecule has 5 aromatic rings. The van der Waals surface area contributed by atoms with Crippen LogP contribution >= 0.6 is 11.6 Å². The van der Waals surface area contributed by atoms with Gasteiger partial charge in [0.05, 0.1) is 45.4 Å². The molecule has 1 unspecified atom stereocenters. The Labute approximate surface area is 215 Å². The fraction of sp³-hybridized carbons (Fsp3) is 0.0417. The Bertz CT molecular complexity index is 1700. The van der Waals surface area contributed by atoms with Crippen molar-refractivity contribution in [2.45, 2.75) is 6.04 Å². The molecule has 0 fully saturated rings. The topological polar surface area (TPSA) is 115 Å². The minimum atomic E-state index is -1.30. The average molecular weight is 543 g/mol. The predicted molar refractivity (Wildman–Crippen MR) is 127 cm³/mol. The standard InChI is InChI=1S/C24H12ClF5N8/c25-15-4-12(35-23(19-9-34-38-37-19)20-16(27)1-11(26)2-17(20)28)3-14-21(10(6-31)7-32-22(14)15)36-13-5-18(29)24(30)33-8-13/h1-5,7-9,23,35H,(H,32,36)(H,34,37,38). The molecule has 1 atom stereocenters. The summed E-state index contributed by atoms with van der Waals surface area (Å²) in [6.07, 6.45) is 3.48. The van der Waals surface area contributed by atoms with Crippen LogP contribution in [-0.2, 0) is 0 Å². The molecule has 0 amide bonds. The third-order valence-corrected chi connectivity index (χ3v) is 5.77. The first-order valence-electron chi connectivity index (χ1n) is 10.6. The lowest BCUT2D eigenvalue weighted by molar-refractivity contribution is 0.480. The maximum atomic E-state index is 14.7. The van der Waals surface area contributed by atoms with Crippen molar-refractivity contribution in [1.82, 2.24) is 25.4 Å². The third kappa shape index (κ3) is 4.64. The number of nitrogens with one attached hydrogen (secondary N) is 3. The number of rotatable bonds is 6. The third-order valence-electron chi connectivity index (χ3n) is 5.48.